The van der Waals surface area contributed by atoms with Crippen LogP contribution in [0.15, 0.2) is 24.3 Å². The fourth-order valence-corrected chi connectivity index (χ4v) is 2.41. The summed E-state index contributed by atoms with van der Waals surface area (Å²) in [6, 6.07) is 7.13. The van der Waals surface area contributed by atoms with E-state index < -0.39 is 0 Å². The van der Waals surface area contributed by atoms with Gasteiger partial charge in [0.15, 0.2) is 6.61 Å². The molecule has 0 bridgehead atoms. The molecule has 0 aromatic heterocycles. The van der Waals surface area contributed by atoms with Crippen LogP contribution in [0.25, 0.3) is 0 Å². The summed E-state index contributed by atoms with van der Waals surface area (Å²) in [4.78, 5) is 14.1. The lowest BCUT2D eigenvalue weighted by Gasteiger charge is -2.18. The number of hydrogen-bond donors (Lipinski definition) is 1. The molecule has 1 aromatic carbocycles. The number of carbonyl (C=O) groups excluding carboxylic acids is 1. The van der Waals surface area contributed by atoms with E-state index in [9.17, 15) is 4.79 Å². The molecule has 21 heavy (non-hydrogen) atoms. The van der Waals surface area contributed by atoms with Crippen molar-refractivity contribution in [3.8, 4) is 11.5 Å². The molecular weight excluding hydrogens is 272 g/mol. The molecule has 1 aromatic rings. The van der Waals surface area contributed by atoms with Crippen molar-refractivity contribution in [1.29, 1.82) is 0 Å². The lowest BCUT2D eigenvalue weighted by molar-refractivity contribution is -0.124. The minimum absolute atomic E-state index is 0.00645. The maximum atomic E-state index is 11.9. The van der Waals surface area contributed by atoms with Gasteiger partial charge in [-0.1, -0.05) is 0 Å². The van der Waals surface area contributed by atoms with Crippen molar-refractivity contribution in [3.63, 3.8) is 0 Å². The summed E-state index contributed by atoms with van der Waals surface area (Å²) in [5.74, 6) is 1.25. The molecule has 1 amide bonds. The Hall–Kier alpha value is -1.79. The Morgan fingerprint density at radius 1 is 1.24 bits per heavy atom. The monoisotopic (exact) mass is 294 g/mol. The molecule has 1 N–H and O–H groups in total. The zero-order chi connectivity index (χ0) is 15.2. The Morgan fingerprint density at radius 2 is 1.90 bits per heavy atom. The number of hydrogen-bond acceptors (Lipinski definition) is 5. The largest absolute Gasteiger partial charge is 0.497 e. The second-order valence-electron chi connectivity index (χ2n) is 5.13. The molecule has 1 aliphatic heterocycles. The van der Waals surface area contributed by atoms with Gasteiger partial charge in [-0.15, -0.1) is 0 Å². The van der Waals surface area contributed by atoms with Gasteiger partial charge in [0.25, 0.3) is 5.91 Å². The predicted molar refractivity (Wildman–Crippen MR) is 78.7 cm³/mol. The topological polar surface area (TPSA) is 60.0 Å². The van der Waals surface area contributed by atoms with Crippen LogP contribution in [0.1, 0.15) is 0 Å². The van der Waals surface area contributed by atoms with Gasteiger partial charge in [0.1, 0.15) is 11.5 Å². The van der Waals surface area contributed by atoms with Gasteiger partial charge >= 0.3 is 0 Å². The predicted octanol–water partition coefficient (Wildman–Crippen LogP) is 0.519. The number of nitrogens with one attached hydrogen (secondary N) is 1. The Labute approximate surface area is 125 Å². The highest BCUT2D eigenvalue weighted by Gasteiger charge is 2.31. The minimum atomic E-state index is -0.145. The van der Waals surface area contributed by atoms with Gasteiger partial charge in [-0.3, -0.25) is 4.79 Å². The Balaban J connectivity index is 1.79. The van der Waals surface area contributed by atoms with Gasteiger partial charge in [-0.05, 0) is 31.3 Å². The van der Waals surface area contributed by atoms with Crippen LogP contribution in [0, 0.1) is 0 Å². The van der Waals surface area contributed by atoms with E-state index in [1.54, 1.807) is 38.5 Å². The number of benzene rings is 1. The van der Waals surface area contributed by atoms with Crippen molar-refractivity contribution in [2.24, 2.45) is 0 Å². The standard InChI is InChI=1S/C15H22N2O4/c1-17-8-13(14(9-17)20-3)16-15(18)10-21-12-6-4-11(19-2)5-7-12/h4-7,13-14H,8-10H2,1-3H3,(H,16,18)/t13-,14-/m1/s1. The van der Waals surface area contributed by atoms with Crippen LogP contribution in [-0.2, 0) is 9.53 Å². The zero-order valence-electron chi connectivity index (χ0n) is 12.7. The summed E-state index contributed by atoms with van der Waals surface area (Å²) in [6.07, 6.45) is 0.0277. The number of likely N-dealkylation sites (N-methyl/N-ethyl adjacent to an activating group) is 1. The van der Waals surface area contributed by atoms with Crippen LogP contribution < -0.4 is 14.8 Å². The molecule has 6 nitrogen and oxygen atoms in total. The summed E-state index contributed by atoms with van der Waals surface area (Å²) in [5, 5.41) is 2.95. The first-order valence-electron chi connectivity index (χ1n) is 6.90. The number of nitrogens with zero attached hydrogens (tertiary/aromatic N) is 1. The molecule has 0 spiro atoms. The highest BCUT2D eigenvalue weighted by Crippen LogP contribution is 2.17. The van der Waals surface area contributed by atoms with E-state index in [2.05, 4.69) is 10.2 Å². The van der Waals surface area contributed by atoms with E-state index >= 15 is 0 Å². The molecule has 1 aliphatic rings. The Morgan fingerprint density at radius 3 is 2.52 bits per heavy atom. The smallest absolute Gasteiger partial charge is 0.258 e. The van der Waals surface area contributed by atoms with Gasteiger partial charge in [0.05, 0.1) is 19.3 Å². The van der Waals surface area contributed by atoms with E-state index in [-0.39, 0.29) is 24.7 Å². The third-order valence-electron chi connectivity index (χ3n) is 3.53. The average molecular weight is 294 g/mol. The van der Waals surface area contributed by atoms with Crippen LogP contribution in [-0.4, -0.2) is 63.9 Å². The lowest BCUT2D eigenvalue weighted by Crippen LogP contribution is -2.45. The van der Waals surface area contributed by atoms with Crippen molar-refractivity contribution < 1.29 is 19.0 Å². The number of methoxy groups -OCH3 is 2. The molecule has 1 fully saturated rings. The zero-order valence-corrected chi connectivity index (χ0v) is 12.7. The van der Waals surface area contributed by atoms with Gasteiger partial charge in [0.2, 0.25) is 0 Å². The number of carbonyl (C=O) groups is 1. The number of ether oxygens (including phenoxy) is 3. The average Bonchev–Trinajstić information content (AvgIpc) is 2.85. The summed E-state index contributed by atoms with van der Waals surface area (Å²) in [6.45, 7) is 1.59. The fourth-order valence-electron chi connectivity index (χ4n) is 2.41. The van der Waals surface area contributed by atoms with E-state index in [0.29, 0.717) is 5.75 Å². The van der Waals surface area contributed by atoms with Crippen LogP contribution >= 0.6 is 0 Å². The van der Waals surface area contributed by atoms with Crippen molar-refractivity contribution in [1.82, 2.24) is 10.2 Å². The van der Waals surface area contributed by atoms with Gasteiger partial charge in [0, 0.05) is 20.2 Å². The van der Waals surface area contributed by atoms with E-state index in [0.717, 1.165) is 18.8 Å². The summed E-state index contributed by atoms with van der Waals surface area (Å²) in [7, 11) is 5.27. The van der Waals surface area contributed by atoms with E-state index in [4.69, 9.17) is 14.2 Å². The third-order valence-corrected chi connectivity index (χ3v) is 3.53. The van der Waals surface area contributed by atoms with Gasteiger partial charge in [-0.2, -0.15) is 0 Å². The number of amides is 1. The molecule has 0 radical (unpaired) electrons. The van der Waals surface area contributed by atoms with Crippen molar-refractivity contribution in [2.45, 2.75) is 12.1 Å². The highest BCUT2D eigenvalue weighted by atomic mass is 16.5. The molecular formula is C15H22N2O4. The van der Waals surface area contributed by atoms with Crippen molar-refractivity contribution in [3.05, 3.63) is 24.3 Å². The van der Waals surface area contributed by atoms with Crippen LogP contribution in [0.3, 0.4) is 0 Å². The molecule has 0 aliphatic carbocycles. The minimum Gasteiger partial charge on any atom is -0.497 e. The maximum Gasteiger partial charge on any atom is 0.258 e. The first-order chi connectivity index (χ1) is 10.1. The van der Waals surface area contributed by atoms with Crippen LogP contribution in [0.5, 0.6) is 11.5 Å². The fraction of sp³-hybridized carbons (Fsp3) is 0.533. The summed E-state index contributed by atoms with van der Waals surface area (Å²) >= 11 is 0. The lowest BCUT2D eigenvalue weighted by atomic mass is 10.2. The van der Waals surface area contributed by atoms with E-state index in [1.807, 2.05) is 7.05 Å². The maximum absolute atomic E-state index is 11.9. The summed E-state index contributed by atoms with van der Waals surface area (Å²) in [5.41, 5.74) is 0. The molecule has 1 saturated heterocycles. The first-order valence-corrected chi connectivity index (χ1v) is 6.90. The molecule has 6 heteroatoms. The molecule has 0 unspecified atom stereocenters. The summed E-state index contributed by atoms with van der Waals surface area (Å²) < 4.78 is 15.9. The van der Waals surface area contributed by atoms with Crippen molar-refractivity contribution in [2.75, 3.05) is 41.0 Å². The molecule has 116 valence electrons. The second kappa shape index (κ2) is 7.28. The van der Waals surface area contributed by atoms with Crippen LogP contribution in [0.4, 0.5) is 0 Å². The second-order valence-corrected chi connectivity index (χ2v) is 5.13. The SMILES string of the molecule is COc1ccc(OCC(=O)N[C@@H]2CN(C)C[C@H]2OC)cc1. The van der Waals surface area contributed by atoms with Gasteiger partial charge < -0.3 is 24.4 Å². The van der Waals surface area contributed by atoms with Crippen LogP contribution in [0.2, 0.25) is 0 Å². The quantitative estimate of drug-likeness (QED) is 0.829. The van der Waals surface area contributed by atoms with E-state index in [1.165, 1.54) is 0 Å². The van der Waals surface area contributed by atoms with Gasteiger partial charge in [-0.25, -0.2) is 0 Å². The first kappa shape index (κ1) is 15.6. The van der Waals surface area contributed by atoms with Crippen molar-refractivity contribution >= 4 is 5.91 Å². The molecule has 2 atom stereocenters. The molecule has 2 rings (SSSR count). The third kappa shape index (κ3) is 4.34. The molecule has 1 heterocycles. The highest BCUT2D eigenvalue weighted by molar-refractivity contribution is 5.78. The number of rotatable bonds is 6. The number of likely N-dealkylation sites (tertiary alicyclic amines) is 1. The molecule has 0 saturated carbocycles. The Bertz CT molecular complexity index is 463. The normalized spacial score (nSPS) is 22.0. The Kier molecular flexibility index (Phi) is 5.41.